The summed E-state index contributed by atoms with van der Waals surface area (Å²) in [5, 5.41) is 1.74. The van der Waals surface area contributed by atoms with Gasteiger partial charge in [0.05, 0.1) is 0 Å². The Morgan fingerprint density at radius 3 is 2.87 bits per heavy atom. The molecule has 2 rings (SSSR count). The average Bonchev–Trinajstić information content (AvgIpc) is 2.68. The van der Waals surface area contributed by atoms with Gasteiger partial charge in [-0.1, -0.05) is 0 Å². The van der Waals surface area contributed by atoms with Crippen molar-refractivity contribution < 1.29 is 9.59 Å². The second kappa shape index (κ2) is 3.62. The summed E-state index contributed by atoms with van der Waals surface area (Å²) in [6, 6.07) is 1.33. The predicted octanol–water partition coefficient (Wildman–Crippen LogP) is 1.32. The molecule has 5 nitrogen and oxygen atoms in total. The lowest BCUT2D eigenvalue weighted by Crippen LogP contribution is -2.54. The normalized spacial score (nSPS) is 22.4. The van der Waals surface area contributed by atoms with Gasteiger partial charge in [-0.15, -0.1) is 0 Å². The molecule has 15 heavy (non-hydrogen) atoms. The number of carbonyl (C=O) groups is 2. The van der Waals surface area contributed by atoms with E-state index in [0.717, 1.165) is 4.90 Å². The van der Waals surface area contributed by atoms with Crippen LogP contribution in [0.3, 0.4) is 0 Å². The van der Waals surface area contributed by atoms with Gasteiger partial charge < -0.3 is 4.90 Å². The van der Waals surface area contributed by atoms with E-state index in [9.17, 15) is 9.59 Å². The molecule has 1 aromatic heterocycles. The quantitative estimate of drug-likeness (QED) is 0.724. The van der Waals surface area contributed by atoms with Crippen molar-refractivity contribution in [2.75, 3.05) is 11.9 Å². The highest BCUT2D eigenvalue weighted by Gasteiger charge is 2.36. The number of amides is 3. The molecule has 0 aromatic carbocycles. The molecule has 0 N–H and O–H groups in total. The highest BCUT2D eigenvalue weighted by Crippen LogP contribution is 2.22. The highest BCUT2D eigenvalue weighted by molar-refractivity contribution is 7.03. The van der Waals surface area contributed by atoms with E-state index in [4.69, 9.17) is 0 Å². The van der Waals surface area contributed by atoms with Crippen LogP contribution in [0.15, 0.2) is 11.4 Å². The molecular formula is C9H11N3O2S. The fraction of sp³-hybridized carbons (Fsp3) is 0.444. The van der Waals surface area contributed by atoms with Gasteiger partial charge in [0.1, 0.15) is 0 Å². The van der Waals surface area contributed by atoms with Crippen molar-refractivity contribution in [3.05, 3.63) is 11.4 Å². The van der Waals surface area contributed by atoms with Gasteiger partial charge in [0.15, 0.2) is 5.82 Å². The number of urea groups is 1. The number of anilines is 1. The van der Waals surface area contributed by atoms with Gasteiger partial charge in [-0.2, -0.15) is 4.37 Å². The average molecular weight is 225 g/mol. The molecular weight excluding hydrogens is 214 g/mol. The third-order valence-electron chi connectivity index (χ3n) is 2.53. The van der Waals surface area contributed by atoms with Crippen LogP contribution in [0.4, 0.5) is 10.6 Å². The van der Waals surface area contributed by atoms with E-state index >= 15 is 0 Å². The van der Waals surface area contributed by atoms with Gasteiger partial charge in [-0.3, -0.25) is 4.79 Å². The maximum absolute atomic E-state index is 11.8. The van der Waals surface area contributed by atoms with Crippen molar-refractivity contribution >= 4 is 29.3 Å². The summed E-state index contributed by atoms with van der Waals surface area (Å²) in [5.74, 6) is 0.241. The lowest BCUT2D eigenvalue weighted by atomic mass is 10.1. The number of aromatic nitrogens is 1. The number of hydrogen-bond acceptors (Lipinski definition) is 4. The monoisotopic (exact) mass is 225 g/mol. The fourth-order valence-electron chi connectivity index (χ4n) is 1.48. The molecule has 6 heteroatoms. The largest absolute Gasteiger partial charge is 0.332 e. The van der Waals surface area contributed by atoms with Crippen molar-refractivity contribution in [3.8, 4) is 0 Å². The van der Waals surface area contributed by atoms with Gasteiger partial charge >= 0.3 is 6.03 Å². The Morgan fingerprint density at radius 2 is 2.27 bits per heavy atom. The first kappa shape index (κ1) is 10.1. The fourth-order valence-corrected chi connectivity index (χ4v) is 1.98. The third-order valence-corrected chi connectivity index (χ3v) is 3.08. The molecule has 0 spiro atoms. The Bertz CT molecular complexity index is 390. The molecule has 0 aliphatic carbocycles. The second-order valence-corrected chi connectivity index (χ2v) is 4.20. The minimum Gasteiger partial charge on any atom is -0.324 e. The Labute approximate surface area is 91.5 Å². The molecule has 1 aliphatic rings. The van der Waals surface area contributed by atoms with Crippen LogP contribution >= 0.6 is 11.5 Å². The predicted molar refractivity (Wildman–Crippen MR) is 56.8 cm³/mol. The summed E-state index contributed by atoms with van der Waals surface area (Å²) in [4.78, 5) is 26.2. The van der Waals surface area contributed by atoms with E-state index in [1.54, 1.807) is 23.4 Å². The summed E-state index contributed by atoms with van der Waals surface area (Å²) in [6.45, 7) is 1.86. The number of nitrogens with zero attached hydrogens (tertiary/aromatic N) is 3. The minimum atomic E-state index is -0.301. The lowest BCUT2D eigenvalue weighted by Gasteiger charge is -2.35. The Morgan fingerprint density at radius 1 is 1.53 bits per heavy atom. The molecule has 0 radical (unpaired) electrons. The van der Waals surface area contributed by atoms with Crippen LogP contribution in [0.5, 0.6) is 0 Å². The van der Waals surface area contributed by atoms with Gasteiger partial charge in [-0.25, -0.2) is 9.69 Å². The Balaban J connectivity index is 2.32. The molecule has 1 unspecified atom stereocenters. The van der Waals surface area contributed by atoms with Crippen LogP contribution in [0.25, 0.3) is 0 Å². The van der Waals surface area contributed by atoms with Crippen LogP contribution in [-0.4, -0.2) is 34.3 Å². The molecule has 80 valence electrons. The van der Waals surface area contributed by atoms with E-state index in [1.165, 1.54) is 11.5 Å². The molecule has 1 fully saturated rings. The maximum Gasteiger partial charge on any atom is 0.332 e. The van der Waals surface area contributed by atoms with Crippen LogP contribution in [-0.2, 0) is 4.79 Å². The SMILES string of the molecule is CC1CC(=O)N(c2ccsn2)C(=O)N1C. The number of hydrogen-bond donors (Lipinski definition) is 0. The summed E-state index contributed by atoms with van der Waals surface area (Å²) < 4.78 is 4.00. The zero-order valence-corrected chi connectivity index (χ0v) is 9.32. The van der Waals surface area contributed by atoms with E-state index < -0.39 is 0 Å². The number of rotatable bonds is 1. The van der Waals surface area contributed by atoms with Crippen LogP contribution in [0.2, 0.25) is 0 Å². The molecule has 0 bridgehead atoms. The Kier molecular flexibility index (Phi) is 2.44. The van der Waals surface area contributed by atoms with Crippen molar-refractivity contribution in [2.45, 2.75) is 19.4 Å². The van der Waals surface area contributed by atoms with Crippen molar-refractivity contribution in [1.82, 2.24) is 9.27 Å². The first-order valence-corrected chi connectivity index (χ1v) is 5.45. The molecule has 1 saturated heterocycles. The van der Waals surface area contributed by atoms with E-state index in [-0.39, 0.29) is 18.0 Å². The molecule has 1 aromatic rings. The van der Waals surface area contributed by atoms with Gasteiger partial charge in [0.25, 0.3) is 0 Å². The van der Waals surface area contributed by atoms with Gasteiger partial charge in [-0.05, 0) is 24.5 Å². The number of imide groups is 1. The summed E-state index contributed by atoms with van der Waals surface area (Å²) >= 11 is 1.22. The molecule has 1 atom stereocenters. The maximum atomic E-state index is 11.8. The zero-order chi connectivity index (χ0) is 11.0. The summed E-state index contributed by atoms with van der Waals surface area (Å²) in [6.07, 6.45) is 0.347. The Hall–Kier alpha value is -1.43. The molecule has 0 saturated carbocycles. The van der Waals surface area contributed by atoms with E-state index in [2.05, 4.69) is 4.37 Å². The topological polar surface area (TPSA) is 53.5 Å². The second-order valence-electron chi connectivity index (χ2n) is 3.53. The summed E-state index contributed by atoms with van der Waals surface area (Å²) in [5.41, 5.74) is 0. The smallest absolute Gasteiger partial charge is 0.324 e. The highest BCUT2D eigenvalue weighted by atomic mass is 32.1. The lowest BCUT2D eigenvalue weighted by molar-refractivity contribution is -0.120. The van der Waals surface area contributed by atoms with Crippen LogP contribution < -0.4 is 4.90 Å². The van der Waals surface area contributed by atoms with Crippen LogP contribution in [0, 0.1) is 0 Å². The molecule has 2 heterocycles. The number of carbonyl (C=O) groups excluding carboxylic acids is 2. The van der Waals surface area contributed by atoms with Crippen LogP contribution in [0.1, 0.15) is 13.3 Å². The molecule has 1 aliphatic heterocycles. The minimum absolute atomic E-state index is 0.0418. The van der Waals surface area contributed by atoms with E-state index in [1.807, 2.05) is 6.92 Å². The van der Waals surface area contributed by atoms with Crippen molar-refractivity contribution in [1.29, 1.82) is 0 Å². The first-order chi connectivity index (χ1) is 7.11. The summed E-state index contributed by atoms with van der Waals surface area (Å²) in [7, 11) is 1.69. The van der Waals surface area contributed by atoms with E-state index in [0.29, 0.717) is 12.2 Å². The van der Waals surface area contributed by atoms with Crippen molar-refractivity contribution in [2.24, 2.45) is 0 Å². The zero-order valence-electron chi connectivity index (χ0n) is 8.51. The van der Waals surface area contributed by atoms with Gasteiger partial charge in [0.2, 0.25) is 5.91 Å². The third kappa shape index (κ3) is 1.61. The van der Waals surface area contributed by atoms with Crippen molar-refractivity contribution in [3.63, 3.8) is 0 Å². The van der Waals surface area contributed by atoms with Gasteiger partial charge in [0, 0.05) is 24.9 Å². The first-order valence-electron chi connectivity index (χ1n) is 4.61. The molecule has 3 amide bonds. The standard InChI is InChI=1S/C9H11N3O2S/c1-6-5-8(13)12(9(14)11(6)2)7-3-4-15-10-7/h3-4,6H,5H2,1-2H3.